The van der Waals surface area contributed by atoms with E-state index >= 15 is 0 Å². The largest absolute Gasteiger partial charge is 0.490 e. The standard InChI is InChI=1S/C20H19NO3S2/c1-14-7-9-16(10-8-14)23-11-12-24-17-6-4-3-5-15(17)13-18-19(22)21(2)20(25)26-18/h3-10,13H,11-12H2,1-2H3. The molecule has 3 rings (SSSR count). The summed E-state index contributed by atoms with van der Waals surface area (Å²) in [6, 6.07) is 15.5. The number of aryl methyl sites for hydroxylation is 1. The van der Waals surface area contributed by atoms with Crippen molar-refractivity contribution in [3.05, 3.63) is 64.6 Å². The second-order valence-corrected chi connectivity index (χ2v) is 7.46. The number of rotatable bonds is 6. The van der Waals surface area contributed by atoms with E-state index in [1.54, 1.807) is 7.05 Å². The van der Waals surface area contributed by atoms with Crippen LogP contribution in [-0.4, -0.2) is 35.4 Å². The summed E-state index contributed by atoms with van der Waals surface area (Å²) in [6.07, 6.45) is 1.82. The summed E-state index contributed by atoms with van der Waals surface area (Å²) in [5.74, 6) is 1.44. The van der Waals surface area contributed by atoms with E-state index in [-0.39, 0.29) is 5.91 Å². The van der Waals surface area contributed by atoms with Crippen molar-refractivity contribution in [1.29, 1.82) is 0 Å². The predicted octanol–water partition coefficient (Wildman–Crippen LogP) is 4.28. The second kappa shape index (κ2) is 8.38. The van der Waals surface area contributed by atoms with Gasteiger partial charge in [-0.2, -0.15) is 0 Å². The van der Waals surface area contributed by atoms with Gasteiger partial charge in [0, 0.05) is 12.6 Å². The molecule has 1 amide bonds. The van der Waals surface area contributed by atoms with Crippen LogP contribution in [0.1, 0.15) is 11.1 Å². The van der Waals surface area contributed by atoms with Crippen molar-refractivity contribution in [2.75, 3.05) is 20.3 Å². The summed E-state index contributed by atoms with van der Waals surface area (Å²) in [5.41, 5.74) is 2.04. The molecule has 1 aliphatic heterocycles. The number of hydrogen-bond acceptors (Lipinski definition) is 5. The molecule has 2 aromatic carbocycles. The van der Waals surface area contributed by atoms with Gasteiger partial charge in [-0.3, -0.25) is 9.69 Å². The van der Waals surface area contributed by atoms with Crippen molar-refractivity contribution in [3.8, 4) is 11.5 Å². The van der Waals surface area contributed by atoms with Crippen LogP contribution in [0.5, 0.6) is 11.5 Å². The highest BCUT2D eigenvalue weighted by Gasteiger charge is 2.28. The van der Waals surface area contributed by atoms with E-state index in [1.165, 1.54) is 22.2 Å². The third kappa shape index (κ3) is 4.45. The average Bonchev–Trinajstić information content (AvgIpc) is 2.88. The van der Waals surface area contributed by atoms with Crippen molar-refractivity contribution < 1.29 is 14.3 Å². The van der Waals surface area contributed by atoms with E-state index in [0.717, 1.165) is 11.3 Å². The van der Waals surface area contributed by atoms with Crippen LogP contribution in [0.4, 0.5) is 0 Å². The Hall–Kier alpha value is -2.31. The summed E-state index contributed by atoms with van der Waals surface area (Å²) in [4.78, 5) is 14.2. The lowest BCUT2D eigenvalue weighted by Gasteiger charge is -2.11. The molecule has 6 heteroatoms. The number of para-hydroxylation sites is 1. The number of ether oxygens (including phenoxy) is 2. The molecule has 1 saturated heterocycles. The fourth-order valence-corrected chi connectivity index (χ4v) is 3.53. The fourth-order valence-electron chi connectivity index (χ4n) is 2.36. The highest BCUT2D eigenvalue weighted by atomic mass is 32.2. The second-order valence-electron chi connectivity index (χ2n) is 5.79. The Balaban J connectivity index is 1.62. The van der Waals surface area contributed by atoms with Crippen LogP contribution < -0.4 is 9.47 Å². The van der Waals surface area contributed by atoms with Gasteiger partial charge < -0.3 is 9.47 Å². The van der Waals surface area contributed by atoms with Gasteiger partial charge in [-0.25, -0.2) is 0 Å². The lowest BCUT2D eigenvalue weighted by Crippen LogP contribution is -2.22. The van der Waals surface area contributed by atoms with Gasteiger partial charge in [0.15, 0.2) is 0 Å². The fraction of sp³-hybridized carbons (Fsp3) is 0.200. The predicted molar refractivity (Wildman–Crippen MR) is 110 cm³/mol. The monoisotopic (exact) mass is 385 g/mol. The maximum absolute atomic E-state index is 12.2. The van der Waals surface area contributed by atoms with Crippen LogP contribution in [0.3, 0.4) is 0 Å². The SMILES string of the molecule is Cc1ccc(OCCOc2ccccc2C=C2SC(=S)N(C)C2=O)cc1. The molecule has 0 N–H and O–H groups in total. The Labute approximate surface area is 162 Å². The zero-order valence-corrected chi connectivity index (χ0v) is 16.2. The molecule has 4 nitrogen and oxygen atoms in total. The van der Waals surface area contributed by atoms with Crippen molar-refractivity contribution in [2.24, 2.45) is 0 Å². The van der Waals surface area contributed by atoms with Gasteiger partial charge in [-0.1, -0.05) is 59.9 Å². The minimum absolute atomic E-state index is 0.0856. The average molecular weight is 386 g/mol. The van der Waals surface area contributed by atoms with Crippen molar-refractivity contribution >= 4 is 40.3 Å². The zero-order chi connectivity index (χ0) is 18.5. The minimum Gasteiger partial charge on any atom is -0.490 e. The first-order valence-electron chi connectivity index (χ1n) is 8.17. The van der Waals surface area contributed by atoms with Crippen LogP contribution in [0.25, 0.3) is 6.08 Å². The third-order valence-corrected chi connectivity index (χ3v) is 5.31. The molecule has 0 atom stereocenters. The molecule has 2 aromatic rings. The Morgan fingerprint density at radius 3 is 2.46 bits per heavy atom. The summed E-state index contributed by atoms with van der Waals surface area (Å²) >= 11 is 6.47. The molecule has 134 valence electrons. The van der Waals surface area contributed by atoms with Gasteiger partial charge in [0.2, 0.25) is 0 Å². The molecule has 0 aliphatic carbocycles. The number of amides is 1. The molecule has 0 unspecified atom stereocenters. The maximum atomic E-state index is 12.2. The molecule has 0 radical (unpaired) electrons. The van der Waals surface area contributed by atoms with Gasteiger partial charge in [0.05, 0.1) is 4.91 Å². The first-order valence-corrected chi connectivity index (χ1v) is 9.40. The van der Waals surface area contributed by atoms with Gasteiger partial charge in [-0.05, 0) is 31.2 Å². The van der Waals surface area contributed by atoms with Gasteiger partial charge in [-0.15, -0.1) is 0 Å². The molecule has 0 saturated carbocycles. The van der Waals surface area contributed by atoms with Gasteiger partial charge in [0.25, 0.3) is 5.91 Å². The van der Waals surface area contributed by atoms with Crippen LogP contribution in [0.15, 0.2) is 53.4 Å². The van der Waals surface area contributed by atoms with Crippen LogP contribution in [0, 0.1) is 6.92 Å². The normalized spacial score (nSPS) is 15.6. The lowest BCUT2D eigenvalue weighted by molar-refractivity contribution is -0.121. The summed E-state index contributed by atoms with van der Waals surface area (Å²) < 4.78 is 12.1. The molecule has 1 heterocycles. The molecule has 0 bridgehead atoms. The van der Waals surface area contributed by atoms with Crippen LogP contribution in [-0.2, 0) is 4.79 Å². The quantitative estimate of drug-likeness (QED) is 0.421. The Bertz CT molecular complexity index is 846. The number of benzene rings is 2. The number of likely N-dealkylation sites (N-methyl/N-ethyl adjacent to an activating group) is 1. The molecule has 26 heavy (non-hydrogen) atoms. The van der Waals surface area contributed by atoms with Crippen LogP contribution in [0.2, 0.25) is 0 Å². The number of thioether (sulfide) groups is 1. The molecule has 0 spiro atoms. The van der Waals surface area contributed by atoms with Crippen molar-refractivity contribution in [2.45, 2.75) is 6.92 Å². The molecule has 0 aromatic heterocycles. The molecule has 1 aliphatic rings. The number of thiocarbonyl (C=S) groups is 1. The summed E-state index contributed by atoms with van der Waals surface area (Å²) in [6.45, 7) is 2.89. The summed E-state index contributed by atoms with van der Waals surface area (Å²) in [5, 5.41) is 0. The maximum Gasteiger partial charge on any atom is 0.265 e. The zero-order valence-electron chi connectivity index (χ0n) is 14.6. The van der Waals surface area contributed by atoms with E-state index in [0.29, 0.717) is 28.2 Å². The highest BCUT2D eigenvalue weighted by Crippen LogP contribution is 2.33. The topological polar surface area (TPSA) is 38.8 Å². The third-order valence-electron chi connectivity index (χ3n) is 3.82. The smallest absolute Gasteiger partial charge is 0.265 e. The van der Waals surface area contributed by atoms with Crippen molar-refractivity contribution in [3.63, 3.8) is 0 Å². The minimum atomic E-state index is -0.0856. The first kappa shape index (κ1) is 18.5. The van der Waals surface area contributed by atoms with E-state index in [4.69, 9.17) is 21.7 Å². The van der Waals surface area contributed by atoms with Crippen LogP contribution >= 0.6 is 24.0 Å². The lowest BCUT2D eigenvalue weighted by atomic mass is 10.2. The number of hydrogen-bond donors (Lipinski definition) is 0. The van der Waals surface area contributed by atoms with Gasteiger partial charge in [0.1, 0.15) is 29.0 Å². The van der Waals surface area contributed by atoms with E-state index in [9.17, 15) is 4.79 Å². The van der Waals surface area contributed by atoms with Gasteiger partial charge >= 0.3 is 0 Å². The summed E-state index contributed by atoms with van der Waals surface area (Å²) in [7, 11) is 1.68. The Morgan fingerprint density at radius 2 is 1.77 bits per heavy atom. The van der Waals surface area contributed by atoms with E-state index in [2.05, 4.69) is 0 Å². The first-order chi connectivity index (χ1) is 12.5. The number of nitrogens with zero attached hydrogens (tertiary/aromatic N) is 1. The molecular weight excluding hydrogens is 366 g/mol. The highest BCUT2D eigenvalue weighted by molar-refractivity contribution is 8.26. The molecular formula is C20H19NO3S2. The molecule has 1 fully saturated rings. The van der Waals surface area contributed by atoms with E-state index < -0.39 is 0 Å². The number of carbonyl (C=O) groups excluding carboxylic acids is 1. The number of carbonyl (C=O) groups is 1. The Morgan fingerprint density at radius 1 is 1.08 bits per heavy atom. The van der Waals surface area contributed by atoms with E-state index in [1.807, 2.05) is 61.5 Å². The van der Waals surface area contributed by atoms with Crippen molar-refractivity contribution in [1.82, 2.24) is 4.90 Å². The Kier molecular flexibility index (Phi) is 5.96.